The zero-order chi connectivity index (χ0) is 41.2. The Morgan fingerprint density at radius 3 is 2.11 bits per heavy atom. The van der Waals surface area contributed by atoms with E-state index in [0.29, 0.717) is 16.5 Å². The van der Waals surface area contributed by atoms with Crippen LogP contribution in [0.15, 0.2) is 78.0 Å². The van der Waals surface area contributed by atoms with E-state index in [4.69, 9.17) is 28.4 Å². The Morgan fingerprint density at radius 1 is 0.825 bits per heavy atom. The molecule has 2 bridgehead atoms. The molecule has 2 heterocycles. The van der Waals surface area contributed by atoms with Gasteiger partial charge in [0.1, 0.15) is 30.0 Å². The van der Waals surface area contributed by atoms with Crippen LogP contribution < -0.4 is 0 Å². The van der Waals surface area contributed by atoms with Crippen LogP contribution in [0.4, 0.5) is 0 Å². The molecule has 1 aromatic heterocycles. The van der Waals surface area contributed by atoms with Gasteiger partial charge in [-0.05, 0) is 49.3 Å². The third kappa shape index (κ3) is 6.29. The molecule has 57 heavy (non-hydrogen) atoms. The first kappa shape index (κ1) is 39.8. The van der Waals surface area contributed by atoms with Gasteiger partial charge in [0.25, 0.3) is 0 Å². The minimum atomic E-state index is -2.25. The largest absolute Gasteiger partial charge is 0.458 e. The molecule has 1 N–H and O–H groups in total. The Balaban J connectivity index is 1.50. The van der Waals surface area contributed by atoms with Crippen LogP contribution in [0.3, 0.4) is 0 Å². The van der Waals surface area contributed by atoms with Crippen LogP contribution in [0.25, 0.3) is 10.9 Å². The normalized spacial score (nSPS) is 32.6. The molecule has 7 rings (SSSR count). The molecule has 1 saturated heterocycles. The minimum absolute atomic E-state index is 0.0708. The van der Waals surface area contributed by atoms with Crippen molar-refractivity contribution >= 4 is 46.5 Å². The quantitative estimate of drug-likeness (QED) is 0.198. The van der Waals surface area contributed by atoms with Crippen molar-refractivity contribution in [1.29, 1.82) is 0 Å². The first-order valence-corrected chi connectivity index (χ1v) is 18.8. The van der Waals surface area contributed by atoms with Gasteiger partial charge in [-0.1, -0.05) is 50.2 Å². The number of rotatable bonds is 7. The van der Waals surface area contributed by atoms with Gasteiger partial charge in [0.2, 0.25) is 0 Å². The van der Waals surface area contributed by atoms with E-state index in [-0.39, 0.29) is 36.1 Å². The highest BCUT2D eigenvalue weighted by Crippen LogP contribution is 2.65. The number of Topliss-reactive ketones (excluding diaryl/α,β-unsaturated/α-hetero) is 1. The van der Waals surface area contributed by atoms with E-state index in [2.05, 4.69) is 4.98 Å². The zero-order valence-electron chi connectivity index (χ0n) is 32.7. The van der Waals surface area contributed by atoms with Crippen molar-refractivity contribution < 1.29 is 62.3 Å². The van der Waals surface area contributed by atoms with Crippen molar-refractivity contribution in [2.24, 2.45) is 16.7 Å². The summed E-state index contributed by atoms with van der Waals surface area (Å²) in [5, 5.41) is 14.2. The molecule has 3 aromatic rings. The van der Waals surface area contributed by atoms with Crippen molar-refractivity contribution in [2.45, 2.75) is 103 Å². The van der Waals surface area contributed by atoms with Gasteiger partial charge in [0.15, 0.2) is 17.5 Å². The molecule has 9 atom stereocenters. The molecule has 3 fully saturated rings. The molecule has 14 heteroatoms. The van der Waals surface area contributed by atoms with Crippen molar-refractivity contribution in [2.75, 3.05) is 6.61 Å². The average molecular weight is 784 g/mol. The summed E-state index contributed by atoms with van der Waals surface area (Å²) in [7, 11) is 0. The number of carbonyl (C=O) groups excluding carboxylic acids is 6. The second-order valence-corrected chi connectivity index (χ2v) is 16.1. The number of fused-ring (bicyclic) bond motifs is 6. The van der Waals surface area contributed by atoms with E-state index in [1.54, 1.807) is 69.3 Å². The summed E-state index contributed by atoms with van der Waals surface area (Å²) in [5.41, 5.74) is -6.35. The van der Waals surface area contributed by atoms with Crippen LogP contribution in [-0.2, 0) is 47.6 Å². The lowest BCUT2D eigenvalue weighted by atomic mass is 9.44. The molecular formula is C43H45NO13. The number of ketones is 1. The number of para-hydroxylation sites is 1. The lowest BCUT2D eigenvalue weighted by Gasteiger charge is -2.67. The van der Waals surface area contributed by atoms with Crippen LogP contribution in [-0.4, -0.2) is 94.0 Å². The Kier molecular flexibility index (Phi) is 9.88. The molecule has 0 spiro atoms. The number of ether oxygens (including phenoxy) is 6. The van der Waals surface area contributed by atoms with Gasteiger partial charge in [0, 0.05) is 50.6 Å². The summed E-state index contributed by atoms with van der Waals surface area (Å²) >= 11 is 0. The van der Waals surface area contributed by atoms with Gasteiger partial charge < -0.3 is 33.5 Å². The van der Waals surface area contributed by atoms with Crippen molar-refractivity contribution in [3.05, 3.63) is 89.1 Å². The number of aliphatic hydroxyl groups is 1. The molecule has 3 aliphatic carbocycles. The van der Waals surface area contributed by atoms with Gasteiger partial charge in [0.05, 0.1) is 34.6 Å². The van der Waals surface area contributed by atoms with Gasteiger partial charge in [-0.25, -0.2) is 9.59 Å². The van der Waals surface area contributed by atoms with E-state index in [0.717, 1.165) is 6.92 Å². The standard InChI is InChI=1S/C43H45NO13/c1-22-30(53-23(2)45)19-43(51)37(56-38(49)26-13-9-8-10-14-26)35-41(7,36(48)34(54-24(3)46)33(22)40(43,5)6)31(18-32-42(35,21-52-32)57-25(4)47)55-39(50)28-17-27-15-11-12-16-29(27)44-20-28/h8-17,20,30-32,34-35,37,51H,18-19,21H2,1-7H3/t30-,31-,32+,34+,35-,37-,41+,42-,43+/m0/s1. The molecule has 0 radical (unpaired) electrons. The predicted octanol–water partition coefficient (Wildman–Crippen LogP) is 4.64. The predicted molar refractivity (Wildman–Crippen MR) is 199 cm³/mol. The summed E-state index contributed by atoms with van der Waals surface area (Å²) in [6.45, 7) is 9.53. The maximum Gasteiger partial charge on any atom is 0.340 e. The molecule has 2 saturated carbocycles. The Bertz CT molecular complexity index is 2220. The minimum Gasteiger partial charge on any atom is -0.458 e. The van der Waals surface area contributed by atoms with Gasteiger partial charge in [-0.3, -0.25) is 24.2 Å². The lowest BCUT2D eigenvalue weighted by Crippen LogP contribution is -2.82. The summed E-state index contributed by atoms with van der Waals surface area (Å²) < 4.78 is 36.6. The lowest BCUT2D eigenvalue weighted by molar-refractivity contribution is -0.345. The molecule has 300 valence electrons. The van der Waals surface area contributed by atoms with Crippen molar-refractivity contribution in [1.82, 2.24) is 4.98 Å². The number of hydrogen-bond donors (Lipinski definition) is 1. The van der Waals surface area contributed by atoms with Crippen molar-refractivity contribution in [3.63, 3.8) is 0 Å². The van der Waals surface area contributed by atoms with Gasteiger partial charge in [-0.15, -0.1) is 0 Å². The second kappa shape index (κ2) is 14.2. The number of pyridine rings is 1. The highest BCUT2D eigenvalue weighted by molar-refractivity contribution is 5.97. The first-order chi connectivity index (χ1) is 26.8. The fraction of sp³-hybridized carbons (Fsp3) is 0.465. The highest BCUT2D eigenvalue weighted by Gasteiger charge is 2.79. The van der Waals surface area contributed by atoms with Gasteiger partial charge in [-0.2, -0.15) is 0 Å². The molecule has 1 aliphatic heterocycles. The number of aromatic nitrogens is 1. The topological polar surface area (TPSA) is 191 Å². The number of nitrogens with zero attached hydrogens (tertiary/aromatic N) is 1. The maximum absolute atomic E-state index is 15.8. The molecule has 0 amide bonds. The molecule has 0 unspecified atom stereocenters. The molecular weight excluding hydrogens is 738 g/mol. The number of benzene rings is 2. The van der Waals surface area contributed by atoms with E-state index in [9.17, 15) is 29.1 Å². The van der Waals surface area contributed by atoms with Crippen LogP contribution >= 0.6 is 0 Å². The van der Waals surface area contributed by atoms with E-state index in [1.165, 1.54) is 39.1 Å². The van der Waals surface area contributed by atoms with E-state index in [1.807, 2.05) is 0 Å². The van der Waals surface area contributed by atoms with E-state index < -0.39 is 94.1 Å². The van der Waals surface area contributed by atoms with Crippen LogP contribution in [0, 0.1) is 16.7 Å². The van der Waals surface area contributed by atoms with Gasteiger partial charge >= 0.3 is 29.8 Å². The Morgan fingerprint density at radius 2 is 1.47 bits per heavy atom. The maximum atomic E-state index is 15.8. The van der Waals surface area contributed by atoms with Crippen LogP contribution in [0.1, 0.15) is 82.0 Å². The highest BCUT2D eigenvalue weighted by atomic mass is 16.6. The average Bonchev–Trinajstić information content (AvgIpc) is 3.15. The SMILES string of the molecule is CC(=O)O[C@H]1C(=O)[C@]2(C)[C@@H](OC(=O)c3cnc4ccccc4c3)C[C@H]3OC[C@@]3(OC(C)=O)[C@H]2[C@H](OC(=O)c2ccccc2)[C@]2(O)C[C@H](OC(C)=O)C(C)=C1C2(C)C. The summed E-state index contributed by atoms with van der Waals surface area (Å²) in [4.78, 5) is 87.4. The third-order valence-corrected chi connectivity index (χ3v) is 12.5. The van der Waals surface area contributed by atoms with E-state index >= 15 is 4.79 Å². The van der Waals surface area contributed by atoms with Crippen LogP contribution in [0.5, 0.6) is 0 Å². The van der Waals surface area contributed by atoms with Crippen molar-refractivity contribution in [3.8, 4) is 0 Å². The Hall–Kier alpha value is -5.47. The summed E-state index contributed by atoms with van der Waals surface area (Å²) in [6.07, 6.45) is -6.29. The summed E-state index contributed by atoms with van der Waals surface area (Å²) in [6, 6.07) is 16.7. The Labute approximate surface area is 328 Å². The number of carbonyl (C=O) groups is 6. The molecule has 2 aromatic carbocycles. The molecule has 4 aliphatic rings. The third-order valence-electron chi connectivity index (χ3n) is 12.5. The fourth-order valence-corrected chi connectivity index (χ4v) is 9.75. The smallest absolute Gasteiger partial charge is 0.340 e. The summed E-state index contributed by atoms with van der Waals surface area (Å²) in [5.74, 6) is -6.35. The number of esters is 5. The second-order valence-electron chi connectivity index (χ2n) is 16.1. The number of hydrogen-bond acceptors (Lipinski definition) is 14. The van der Waals surface area contributed by atoms with Crippen LogP contribution in [0.2, 0.25) is 0 Å². The fourth-order valence-electron chi connectivity index (χ4n) is 9.75. The zero-order valence-corrected chi connectivity index (χ0v) is 32.7. The monoisotopic (exact) mass is 783 g/mol. The first-order valence-electron chi connectivity index (χ1n) is 18.8. The molecule has 14 nitrogen and oxygen atoms in total.